The van der Waals surface area contributed by atoms with Gasteiger partial charge in [-0.25, -0.2) is 4.79 Å². The van der Waals surface area contributed by atoms with Crippen LogP contribution in [0.4, 0.5) is 4.79 Å². The normalized spacial score (nSPS) is 17.8. The molecule has 12 heavy (non-hydrogen) atoms. The van der Waals surface area contributed by atoms with Gasteiger partial charge in [0.15, 0.2) is 0 Å². The van der Waals surface area contributed by atoms with Gasteiger partial charge >= 0.3 is 6.03 Å². The highest BCUT2D eigenvalue weighted by Gasteiger charge is 2.28. The van der Waals surface area contributed by atoms with Crippen molar-refractivity contribution in [1.82, 2.24) is 10.2 Å². The van der Waals surface area contributed by atoms with Gasteiger partial charge in [-0.05, 0) is 26.2 Å². The maximum absolute atomic E-state index is 11.3. The highest BCUT2D eigenvalue weighted by atomic mass is 16.2. The van der Waals surface area contributed by atoms with Gasteiger partial charge in [0, 0.05) is 19.1 Å². The monoisotopic (exact) mass is 170 g/mol. The number of urea groups is 1. The molecule has 0 unspecified atom stereocenters. The van der Waals surface area contributed by atoms with Crippen molar-refractivity contribution in [1.29, 1.82) is 0 Å². The molecule has 0 radical (unpaired) electrons. The summed E-state index contributed by atoms with van der Waals surface area (Å²) < 4.78 is 0. The Bertz CT molecular complexity index is 162. The summed E-state index contributed by atoms with van der Waals surface area (Å²) in [5.41, 5.74) is 0. The Hall–Kier alpha value is -0.730. The molecule has 1 aliphatic rings. The van der Waals surface area contributed by atoms with Crippen molar-refractivity contribution < 1.29 is 4.79 Å². The molecule has 1 rings (SSSR count). The maximum atomic E-state index is 11.3. The van der Waals surface area contributed by atoms with Gasteiger partial charge in [0.25, 0.3) is 0 Å². The molecule has 1 N–H and O–H groups in total. The van der Waals surface area contributed by atoms with Crippen LogP contribution in [-0.4, -0.2) is 30.1 Å². The van der Waals surface area contributed by atoms with E-state index in [1.54, 1.807) is 0 Å². The van der Waals surface area contributed by atoms with Gasteiger partial charge in [-0.3, -0.25) is 0 Å². The van der Waals surface area contributed by atoms with Gasteiger partial charge in [0.05, 0.1) is 0 Å². The molecule has 0 aromatic carbocycles. The van der Waals surface area contributed by atoms with Gasteiger partial charge in [0.2, 0.25) is 0 Å². The van der Waals surface area contributed by atoms with Crippen molar-refractivity contribution in [2.24, 2.45) is 5.92 Å². The van der Waals surface area contributed by atoms with Crippen molar-refractivity contribution in [2.75, 3.05) is 13.1 Å². The smallest absolute Gasteiger partial charge is 0.317 e. The fourth-order valence-corrected chi connectivity index (χ4v) is 1.33. The molecular weight excluding hydrogens is 152 g/mol. The Morgan fingerprint density at radius 2 is 2.17 bits per heavy atom. The zero-order valence-corrected chi connectivity index (χ0v) is 8.13. The lowest BCUT2D eigenvalue weighted by atomic mass is 9.98. The largest absolute Gasteiger partial charge is 0.336 e. The van der Waals surface area contributed by atoms with E-state index in [0.717, 1.165) is 19.0 Å². The molecule has 0 aliphatic carbocycles. The van der Waals surface area contributed by atoms with E-state index >= 15 is 0 Å². The van der Waals surface area contributed by atoms with Crippen LogP contribution in [0.3, 0.4) is 0 Å². The average Bonchev–Trinajstić information content (AvgIpc) is 1.82. The zero-order chi connectivity index (χ0) is 9.14. The summed E-state index contributed by atoms with van der Waals surface area (Å²) >= 11 is 0. The van der Waals surface area contributed by atoms with E-state index in [1.165, 1.54) is 6.42 Å². The Labute approximate surface area is 74.1 Å². The van der Waals surface area contributed by atoms with E-state index in [0.29, 0.717) is 0 Å². The number of amides is 2. The van der Waals surface area contributed by atoms with E-state index in [4.69, 9.17) is 0 Å². The van der Waals surface area contributed by atoms with Crippen molar-refractivity contribution in [3.63, 3.8) is 0 Å². The lowest BCUT2D eigenvalue weighted by molar-refractivity contribution is 0.117. The van der Waals surface area contributed by atoms with E-state index in [1.807, 2.05) is 18.7 Å². The third-order valence-electron chi connectivity index (χ3n) is 2.23. The standard InChI is InChI=1S/C9H18N2O/c1-4-8-5-11(6-8)9(12)10-7(2)3/h7-8H,4-6H2,1-3H3,(H,10,12). The van der Waals surface area contributed by atoms with Crippen LogP contribution in [0.1, 0.15) is 27.2 Å². The number of nitrogens with zero attached hydrogens (tertiary/aromatic N) is 1. The zero-order valence-electron chi connectivity index (χ0n) is 8.13. The molecule has 1 fully saturated rings. The highest BCUT2D eigenvalue weighted by Crippen LogP contribution is 2.17. The molecular formula is C9H18N2O. The number of carbonyl (C=O) groups excluding carboxylic acids is 1. The van der Waals surface area contributed by atoms with E-state index < -0.39 is 0 Å². The summed E-state index contributed by atoms with van der Waals surface area (Å²) in [4.78, 5) is 13.2. The Morgan fingerprint density at radius 3 is 2.58 bits per heavy atom. The first-order valence-electron chi connectivity index (χ1n) is 4.69. The summed E-state index contributed by atoms with van der Waals surface area (Å²) in [6, 6.07) is 0.341. The second-order valence-corrected chi connectivity index (χ2v) is 3.78. The molecule has 0 spiro atoms. The molecule has 3 heteroatoms. The molecule has 0 aromatic rings. The topological polar surface area (TPSA) is 32.3 Å². The SMILES string of the molecule is CCC1CN(C(=O)NC(C)C)C1. The van der Waals surface area contributed by atoms with Crippen LogP contribution in [0.5, 0.6) is 0 Å². The Kier molecular flexibility index (Phi) is 2.95. The first-order valence-corrected chi connectivity index (χ1v) is 4.69. The fourth-order valence-electron chi connectivity index (χ4n) is 1.33. The Morgan fingerprint density at radius 1 is 1.58 bits per heavy atom. The van der Waals surface area contributed by atoms with Crippen molar-refractivity contribution >= 4 is 6.03 Å². The molecule has 0 atom stereocenters. The van der Waals surface area contributed by atoms with E-state index in [-0.39, 0.29) is 12.1 Å². The van der Waals surface area contributed by atoms with Crippen molar-refractivity contribution in [2.45, 2.75) is 33.2 Å². The van der Waals surface area contributed by atoms with Crippen LogP contribution in [0.2, 0.25) is 0 Å². The third-order valence-corrected chi connectivity index (χ3v) is 2.23. The van der Waals surface area contributed by atoms with Crippen LogP contribution in [0, 0.1) is 5.92 Å². The number of rotatable bonds is 2. The van der Waals surface area contributed by atoms with Crippen LogP contribution >= 0.6 is 0 Å². The summed E-state index contributed by atoms with van der Waals surface area (Å²) in [6.07, 6.45) is 1.19. The predicted molar refractivity (Wildman–Crippen MR) is 49.0 cm³/mol. The molecule has 1 heterocycles. The second-order valence-electron chi connectivity index (χ2n) is 3.78. The molecule has 2 amide bonds. The number of likely N-dealkylation sites (tertiary alicyclic amines) is 1. The average molecular weight is 170 g/mol. The van der Waals surface area contributed by atoms with Crippen LogP contribution < -0.4 is 5.32 Å². The lowest BCUT2D eigenvalue weighted by Crippen LogP contribution is -2.54. The number of nitrogens with one attached hydrogen (secondary N) is 1. The van der Waals surface area contributed by atoms with Crippen LogP contribution in [0.15, 0.2) is 0 Å². The molecule has 0 saturated carbocycles. The fraction of sp³-hybridized carbons (Fsp3) is 0.889. The van der Waals surface area contributed by atoms with Crippen LogP contribution in [-0.2, 0) is 0 Å². The van der Waals surface area contributed by atoms with Gasteiger partial charge in [-0.2, -0.15) is 0 Å². The van der Waals surface area contributed by atoms with Gasteiger partial charge < -0.3 is 10.2 Å². The molecule has 3 nitrogen and oxygen atoms in total. The summed E-state index contributed by atoms with van der Waals surface area (Å²) in [6.45, 7) is 8.01. The highest BCUT2D eigenvalue weighted by molar-refractivity contribution is 5.75. The first-order chi connectivity index (χ1) is 5.63. The molecule has 0 bridgehead atoms. The van der Waals surface area contributed by atoms with Gasteiger partial charge in [0.1, 0.15) is 0 Å². The van der Waals surface area contributed by atoms with Crippen LogP contribution in [0.25, 0.3) is 0 Å². The minimum absolute atomic E-state index is 0.0923. The molecule has 70 valence electrons. The number of hydrogen-bond donors (Lipinski definition) is 1. The minimum atomic E-state index is 0.0923. The maximum Gasteiger partial charge on any atom is 0.317 e. The molecule has 1 aliphatic heterocycles. The third kappa shape index (κ3) is 2.13. The van der Waals surface area contributed by atoms with Gasteiger partial charge in [-0.1, -0.05) is 6.92 Å². The van der Waals surface area contributed by atoms with E-state index in [9.17, 15) is 4.79 Å². The Balaban J connectivity index is 2.19. The summed E-state index contributed by atoms with van der Waals surface area (Å²) in [5, 5.41) is 2.88. The number of carbonyl (C=O) groups is 1. The van der Waals surface area contributed by atoms with Gasteiger partial charge in [-0.15, -0.1) is 0 Å². The summed E-state index contributed by atoms with van der Waals surface area (Å²) in [5.74, 6) is 0.739. The molecule has 0 aromatic heterocycles. The minimum Gasteiger partial charge on any atom is -0.336 e. The second kappa shape index (κ2) is 3.78. The number of hydrogen-bond acceptors (Lipinski definition) is 1. The molecule has 1 saturated heterocycles. The first kappa shape index (κ1) is 9.36. The quantitative estimate of drug-likeness (QED) is 0.668. The lowest BCUT2D eigenvalue weighted by Gasteiger charge is -2.39. The predicted octanol–water partition coefficient (Wildman–Crippen LogP) is 1.45. The van der Waals surface area contributed by atoms with Crippen molar-refractivity contribution in [3.8, 4) is 0 Å². The summed E-state index contributed by atoms with van der Waals surface area (Å²) in [7, 11) is 0. The van der Waals surface area contributed by atoms with Crippen molar-refractivity contribution in [3.05, 3.63) is 0 Å². The van der Waals surface area contributed by atoms with E-state index in [2.05, 4.69) is 12.2 Å².